The average molecular weight is 782 g/mol. The van der Waals surface area contributed by atoms with Gasteiger partial charge < -0.3 is 34.0 Å². The van der Waals surface area contributed by atoms with Crippen LogP contribution in [0.1, 0.15) is 72.2 Å². The zero-order chi connectivity index (χ0) is 40.0. The summed E-state index contributed by atoms with van der Waals surface area (Å²) in [7, 11) is 1.71. The van der Waals surface area contributed by atoms with Gasteiger partial charge in [0.25, 0.3) is 0 Å². The van der Waals surface area contributed by atoms with Crippen LogP contribution in [0.2, 0.25) is 5.02 Å². The first-order chi connectivity index (χ1) is 26.4. The molecule has 304 valence electrons. The lowest BCUT2D eigenvalue weighted by molar-refractivity contribution is 0.0364. The highest BCUT2D eigenvalue weighted by Crippen LogP contribution is 2.38. The van der Waals surface area contributed by atoms with Crippen molar-refractivity contribution in [3.8, 4) is 16.9 Å². The summed E-state index contributed by atoms with van der Waals surface area (Å²) in [4.78, 5) is 15.3. The van der Waals surface area contributed by atoms with Gasteiger partial charge in [-0.15, -0.1) is 0 Å². The van der Waals surface area contributed by atoms with Gasteiger partial charge in [0.05, 0.1) is 62.1 Å². The third-order valence-corrected chi connectivity index (χ3v) is 10.5. The number of benzene rings is 2. The van der Waals surface area contributed by atoms with Crippen LogP contribution in [0, 0.1) is 27.7 Å². The minimum absolute atomic E-state index is 0.0417. The van der Waals surface area contributed by atoms with Crippen LogP contribution in [0.3, 0.4) is 0 Å². The first kappa shape index (κ1) is 44.4. The van der Waals surface area contributed by atoms with Crippen LogP contribution in [0.4, 0.5) is 0 Å². The molecule has 11 nitrogen and oxygen atoms in total. The van der Waals surface area contributed by atoms with Crippen molar-refractivity contribution in [1.29, 1.82) is 0 Å². The van der Waals surface area contributed by atoms with E-state index in [1.54, 1.807) is 7.11 Å². The molecule has 0 saturated carbocycles. The normalized spacial score (nSPS) is 13.6. The predicted molar refractivity (Wildman–Crippen MR) is 222 cm³/mol. The summed E-state index contributed by atoms with van der Waals surface area (Å²) >= 11 is 6.37. The second-order valence-corrected chi connectivity index (χ2v) is 15.4. The van der Waals surface area contributed by atoms with E-state index >= 15 is 0 Å². The lowest BCUT2D eigenvalue weighted by atomic mass is 9.98. The zero-order valence-electron chi connectivity index (χ0n) is 34.5. The molecule has 1 aliphatic heterocycles. The zero-order valence-corrected chi connectivity index (χ0v) is 35.2. The highest BCUT2D eigenvalue weighted by atomic mass is 35.5. The van der Waals surface area contributed by atoms with Gasteiger partial charge in [0.15, 0.2) is 6.29 Å². The molecule has 12 heteroatoms. The van der Waals surface area contributed by atoms with Gasteiger partial charge in [-0.3, -0.25) is 14.4 Å². The van der Waals surface area contributed by atoms with Gasteiger partial charge >= 0.3 is 0 Å². The molecule has 2 N–H and O–H groups in total. The SMILES string of the molecule is COC(C)(C)C.Cc1cc(OCCCc2c(C=O)n(CCN3CCOCC3)c3c(-c4c(C)nn(CCCOCCOCCN)c4C)cccc23)cc(C)c1Cl. The van der Waals surface area contributed by atoms with Gasteiger partial charge in [-0.05, 0) is 96.6 Å². The number of methoxy groups -OCH3 is 1. The fourth-order valence-electron chi connectivity index (χ4n) is 6.85. The van der Waals surface area contributed by atoms with E-state index in [4.69, 9.17) is 46.1 Å². The standard InChI is InChI=1S/C38H52ClN5O5.C5H12O/c1-27-24-31(25-28(2)37(27)39)49-18-6-10-32-33-8-5-9-34(38(33)43(35(32)26-45)14-13-42-15-20-48-21-16-42)36-29(3)41-44(30(36)4)12-7-17-46-22-23-47-19-11-40;1-5(2,3)6-4/h5,8-9,24-26H,6-7,10-23,40H2,1-4H3;1-4H3. The number of fused-ring (bicyclic) bond motifs is 1. The van der Waals surface area contributed by atoms with E-state index in [2.05, 4.69) is 46.2 Å². The molecule has 0 amide bonds. The Bertz CT molecular complexity index is 1780. The molecule has 1 fully saturated rings. The Hall–Kier alpha value is -3.29. The predicted octanol–water partition coefficient (Wildman–Crippen LogP) is 7.36. The number of aromatic nitrogens is 3. The van der Waals surface area contributed by atoms with Gasteiger partial charge in [-0.25, -0.2) is 0 Å². The summed E-state index contributed by atoms with van der Waals surface area (Å²) in [5.74, 6) is 0.816. The Balaban J connectivity index is 0.00000104. The van der Waals surface area contributed by atoms with Crippen molar-refractivity contribution in [3.05, 3.63) is 69.1 Å². The second kappa shape index (κ2) is 21.9. The number of carbonyl (C=O) groups excluding carboxylic acids is 1. The van der Waals surface area contributed by atoms with Crippen molar-refractivity contribution in [2.45, 2.75) is 86.4 Å². The molecular weight excluding hydrogens is 718 g/mol. The number of carbonyl (C=O) groups is 1. The van der Waals surface area contributed by atoms with Crippen molar-refractivity contribution in [2.75, 3.05) is 79.5 Å². The monoisotopic (exact) mass is 781 g/mol. The molecular formula is C43H64ClN5O6. The fourth-order valence-corrected chi connectivity index (χ4v) is 6.96. The highest BCUT2D eigenvalue weighted by Gasteiger charge is 2.24. The number of nitrogens with zero attached hydrogens (tertiary/aromatic N) is 4. The molecule has 55 heavy (non-hydrogen) atoms. The second-order valence-electron chi connectivity index (χ2n) is 15.1. The quantitative estimate of drug-likeness (QED) is 0.0770. The minimum atomic E-state index is 0.0417. The number of morpholine rings is 1. The van der Waals surface area contributed by atoms with Crippen LogP contribution in [0.15, 0.2) is 30.3 Å². The Labute approximate surface area is 333 Å². The first-order valence-electron chi connectivity index (χ1n) is 19.6. The summed E-state index contributed by atoms with van der Waals surface area (Å²) < 4.78 is 32.2. The number of aldehydes is 1. The Morgan fingerprint density at radius 3 is 2.24 bits per heavy atom. The smallest absolute Gasteiger partial charge is 0.166 e. The molecule has 0 aliphatic carbocycles. The fraction of sp³-hybridized carbons (Fsp3) is 0.581. The largest absolute Gasteiger partial charge is 0.494 e. The first-order valence-corrected chi connectivity index (χ1v) is 20.0. The van der Waals surface area contributed by atoms with Gasteiger partial charge in [-0.2, -0.15) is 5.10 Å². The van der Waals surface area contributed by atoms with Gasteiger partial charge in [-0.1, -0.05) is 29.8 Å². The van der Waals surface area contributed by atoms with Crippen LogP contribution >= 0.6 is 11.6 Å². The van der Waals surface area contributed by atoms with Crippen molar-refractivity contribution in [2.24, 2.45) is 5.73 Å². The Morgan fingerprint density at radius 1 is 0.927 bits per heavy atom. The van der Waals surface area contributed by atoms with Crippen LogP contribution in [0.5, 0.6) is 5.75 Å². The molecule has 2 aromatic carbocycles. The number of rotatable bonds is 19. The third kappa shape index (κ3) is 12.6. The lowest BCUT2D eigenvalue weighted by Gasteiger charge is -2.27. The third-order valence-electron chi connectivity index (χ3n) is 9.89. The molecule has 0 bridgehead atoms. The van der Waals surface area contributed by atoms with E-state index in [0.29, 0.717) is 46.1 Å². The van der Waals surface area contributed by atoms with Crippen molar-refractivity contribution >= 4 is 28.8 Å². The van der Waals surface area contributed by atoms with Gasteiger partial charge in [0, 0.05) is 80.2 Å². The van der Waals surface area contributed by atoms with Crippen LogP contribution in [0.25, 0.3) is 22.0 Å². The summed E-state index contributed by atoms with van der Waals surface area (Å²) in [6.07, 6.45) is 3.37. The summed E-state index contributed by atoms with van der Waals surface area (Å²) in [5, 5.41) is 6.83. The molecule has 0 spiro atoms. The number of ether oxygens (including phenoxy) is 5. The van der Waals surface area contributed by atoms with E-state index in [-0.39, 0.29) is 5.60 Å². The number of para-hydroxylation sites is 1. The number of hydrogen-bond acceptors (Lipinski definition) is 9. The maximum atomic E-state index is 12.9. The molecule has 4 aromatic rings. The summed E-state index contributed by atoms with van der Waals surface area (Å²) in [5.41, 5.74) is 14.7. The molecule has 0 radical (unpaired) electrons. The van der Waals surface area contributed by atoms with E-state index in [0.717, 1.165) is 132 Å². The maximum Gasteiger partial charge on any atom is 0.166 e. The molecule has 0 atom stereocenters. The Morgan fingerprint density at radius 2 is 1.60 bits per heavy atom. The number of hydrogen-bond donors (Lipinski definition) is 1. The van der Waals surface area contributed by atoms with E-state index in [1.807, 2.05) is 46.8 Å². The molecule has 2 aromatic heterocycles. The molecule has 1 aliphatic rings. The average Bonchev–Trinajstić information content (AvgIpc) is 3.63. The maximum absolute atomic E-state index is 12.9. The van der Waals surface area contributed by atoms with E-state index in [1.165, 1.54) is 0 Å². The summed E-state index contributed by atoms with van der Waals surface area (Å²) in [6.45, 7) is 23.2. The number of aryl methyl sites for hydroxylation is 5. The van der Waals surface area contributed by atoms with Crippen molar-refractivity contribution in [3.63, 3.8) is 0 Å². The topological polar surface area (TPSA) is 115 Å². The summed E-state index contributed by atoms with van der Waals surface area (Å²) in [6, 6.07) is 10.4. The Kier molecular flexibility index (Phi) is 17.7. The lowest BCUT2D eigenvalue weighted by Crippen LogP contribution is -2.38. The minimum Gasteiger partial charge on any atom is -0.494 e. The van der Waals surface area contributed by atoms with Crippen LogP contribution in [-0.2, 0) is 38.5 Å². The molecule has 0 unspecified atom stereocenters. The van der Waals surface area contributed by atoms with Crippen molar-refractivity contribution < 1.29 is 28.5 Å². The van der Waals surface area contributed by atoms with E-state index < -0.39 is 0 Å². The number of halogens is 1. The van der Waals surface area contributed by atoms with E-state index in [9.17, 15) is 4.79 Å². The van der Waals surface area contributed by atoms with Gasteiger partial charge in [0.2, 0.25) is 0 Å². The van der Waals surface area contributed by atoms with Crippen LogP contribution < -0.4 is 10.5 Å². The molecule has 1 saturated heterocycles. The van der Waals surface area contributed by atoms with Crippen LogP contribution in [-0.4, -0.2) is 111 Å². The van der Waals surface area contributed by atoms with Crippen molar-refractivity contribution in [1.82, 2.24) is 19.2 Å². The molecule has 3 heterocycles. The number of nitrogens with two attached hydrogens (primary N) is 1. The molecule has 5 rings (SSSR count). The van der Waals surface area contributed by atoms with Gasteiger partial charge in [0.1, 0.15) is 5.75 Å². The highest BCUT2D eigenvalue weighted by molar-refractivity contribution is 6.32.